The van der Waals surface area contributed by atoms with Crippen molar-refractivity contribution in [3.05, 3.63) is 138 Å². The van der Waals surface area contributed by atoms with Gasteiger partial charge in [-0.3, -0.25) is 4.79 Å². The van der Waals surface area contributed by atoms with E-state index in [4.69, 9.17) is 4.74 Å². The van der Waals surface area contributed by atoms with Gasteiger partial charge in [0, 0.05) is 11.6 Å². The number of ketones is 1. The minimum absolute atomic E-state index is 0.0730. The molecule has 0 unspecified atom stereocenters. The Morgan fingerprint density at radius 3 is 1.76 bits per heavy atom. The first-order chi connectivity index (χ1) is 16.2. The summed E-state index contributed by atoms with van der Waals surface area (Å²) in [6.45, 7) is 0. The van der Waals surface area contributed by atoms with Crippen molar-refractivity contribution in [3.63, 3.8) is 0 Å². The molecule has 3 heteroatoms. The molecule has 0 bridgehead atoms. The van der Waals surface area contributed by atoms with E-state index in [2.05, 4.69) is 0 Å². The molecule has 4 rings (SSSR count). The maximum Gasteiger partial charge on any atom is 0.336 e. The lowest BCUT2D eigenvalue weighted by atomic mass is 10.0. The molecule has 4 aromatic carbocycles. The van der Waals surface area contributed by atoms with Crippen molar-refractivity contribution in [2.24, 2.45) is 0 Å². The molecule has 0 aromatic heterocycles. The van der Waals surface area contributed by atoms with Crippen LogP contribution in [0.4, 0.5) is 0 Å². The van der Waals surface area contributed by atoms with Gasteiger partial charge >= 0.3 is 5.97 Å². The summed E-state index contributed by atoms with van der Waals surface area (Å²) in [5, 5.41) is 0. The summed E-state index contributed by atoms with van der Waals surface area (Å²) in [5.41, 5.74) is 4.57. The van der Waals surface area contributed by atoms with Crippen LogP contribution in [0.2, 0.25) is 0 Å². The fourth-order valence-electron chi connectivity index (χ4n) is 3.25. The highest BCUT2D eigenvalue weighted by atomic mass is 16.5. The minimum atomic E-state index is -0.448. The zero-order valence-electron chi connectivity index (χ0n) is 17.9. The van der Waals surface area contributed by atoms with Crippen LogP contribution in [-0.2, 0) is 4.79 Å². The normalized spacial score (nSPS) is 11.0. The van der Waals surface area contributed by atoms with Crippen LogP contribution >= 0.6 is 0 Å². The number of hydrogen-bond donors (Lipinski definition) is 0. The van der Waals surface area contributed by atoms with Gasteiger partial charge in [0.25, 0.3) is 0 Å². The molecule has 0 atom stereocenters. The van der Waals surface area contributed by atoms with E-state index in [1.807, 2.05) is 84.9 Å². The maximum atomic E-state index is 12.5. The van der Waals surface area contributed by atoms with Gasteiger partial charge in [-0.2, -0.15) is 0 Å². The van der Waals surface area contributed by atoms with E-state index in [9.17, 15) is 9.59 Å². The Labute approximate surface area is 193 Å². The standard InChI is InChI=1S/C30H22O3/c31-29(27-17-15-26(16-18-27)25-9-5-2-6-10-25)21-13-24-11-19-28(20-12-24)33-30(32)22-14-23-7-3-1-4-8-23/h1-22H/b21-13+,22-14+. The van der Waals surface area contributed by atoms with E-state index in [0.29, 0.717) is 11.3 Å². The van der Waals surface area contributed by atoms with Gasteiger partial charge in [-0.25, -0.2) is 4.79 Å². The third kappa shape index (κ3) is 6.25. The molecule has 33 heavy (non-hydrogen) atoms. The summed E-state index contributed by atoms with van der Waals surface area (Å²) in [5.74, 6) is -0.0786. The highest BCUT2D eigenvalue weighted by molar-refractivity contribution is 6.07. The molecule has 0 aliphatic carbocycles. The molecule has 0 aliphatic rings. The molecule has 0 aliphatic heterocycles. The highest BCUT2D eigenvalue weighted by Gasteiger charge is 2.04. The van der Waals surface area contributed by atoms with Crippen LogP contribution in [0.5, 0.6) is 5.75 Å². The predicted molar refractivity (Wildman–Crippen MR) is 133 cm³/mol. The van der Waals surface area contributed by atoms with Crippen LogP contribution in [0.15, 0.2) is 121 Å². The molecule has 0 spiro atoms. The molecule has 0 saturated heterocycles. The summed E-state index contributed by atoms with van der Waals surface area (Å²) >= 11 is 0. The van der Waals surface area contributed by atoms with Crippen molar-refractivity contribution < 1.29 is 14.3 Å². The van der Waals surface area contributed by atoms with Crippen molar-refractivity contribution in [2.75, 3.05) is 0 Å². The van der Waals surface area contributed by atoms with Gasteiger partial charge in [-0.1, -0.05) is 103 Å². The van der Waals surface area contributed by atoms with Crippen molar-refractivity contribution in [1.82, 2.24) is 0 Å². The fraction of sp³-hybridized carbons (Fsp3) is 0. The largest absolute Gasteiger partial charge is 0.423 e. The second-order valence-corrected chi connectivity index (χ2v) is 7.38. The number of allylic oxidation sites excluding steroid dienone is 1. The van der Waals surface area contributed by atoms with Crippen molar-refractivity contribution in [3.8, 4) is 16.9 Å². The molecular formula is C30H22O3. The Morgan fingerprint density at radius 2 is 1.09 bits per heavy atom. The fourth-order valence-corrected chi connectivity index (χ4v) is 3.25. The monoisotopic (exact) mass is 430 g/mol. The third-order valence-electron chi connectivity index (χ3n) is 5.01. The first kappa shape index (κ1) is 21.7. The number of ether oxygens (including phenoxy) is 1. The molecular weight excluding hydrogens is 408 g/mol. The lowest BCUT2D eigenvalue weighted by Crippen LogP contribution is -2.03. The molecule has 0 radical (unpaired) electrons. The summed E-state index contributed by atoms with van der Waals surface area (Å²) in [6, 6.07) is 34.1. The smallest absolute Gasteiger partial charge is 0.336 e. The summed E-state index contributed by atoms with van der Waals surface area (Å²) < 4.78 is 5.32. The first-order valence-electron chi connectivity index (χ1n) is 10.6. The number of carbonyl (C=O) groups excluding carboxylic acids is 2. The molecule has 0 N–H and O–H groups in total. The number of hydrogen-bond acceptors (Lipinski definition) is 3. The van der Waals surface area contributed by atoms with Crippen molar-refractivity contribution in [1.29, 1.82) is 0 Å². The average Bonchev–Trinajstić information content (AvgIpc) is 2.88. The number of benzene rings is 4. The number of rotatable bonds is 7. The second-order valence-electron chi connectivity index (χ2n) is 7.38. The van der Waals surface area contributed by atoms with Gasteiger partial charge in [0.15, 0.2) is 5.78 Å². The number of esters is 1. The summed E-state index contributed by atoms with van der Waals surface area (Å²) in [4.78, 5) is 24.5. The van der Waals surface area contributed by atoms with E-state index in [1.165, 1.54) is 6.08 Å². The Hall–Kier alpha value is -4.50. The second kappa shape index (κ2) is 10.7. The van der Waals surface area contributed by atoms with Gasteiger partial charge in [-0.15, -0.1) is 0 Å². The number of carbonyl (C=O) groups is 2. The SMILES string of the molecule is O=C(/C=C/c1ccccc1)Oc1ccc(/C=C/C(=O)c2ccc(-c3ccccc3)cc2)cc1. The molecule has 0 saturated carbocycles. The summed E-state index contributed by atoms with van der Waals surface area (Å²) in [7, 11) is 0. The van der Waals surface area contributed by atoms with E-state index in [0.717, 1.165) is 22.3 Å². The average molecular weight is 431 g/mol. The lowest BCUT2D eigenvalue weighted by Gasteiger charge is -2.03. The lowest BCUT2D eigenvalue weighted by molar-refractivity contribution is -0.128. The van der Waals surface area contributed by atoms with Crippen molar-refractivity contribution in [2.45, 2.75) is 0 Å². The molecule has 4 aromatic rings. The van der Waals surface area contributed by atoms with Gasteiger partial charge < -0.3 is 4.74 Å². The topological polar surface area (TPSA) is 43.4 Å². The van der Waals surface area contributed by atoms with E-state index < -0.39 is 5.97 Å². The minimum Gasteiger partial charge on any atom is -0.423 e. The Kier molecular flexibility index (Phi) is 7.04. The van der Waals surface area contributed by atoms with Gasteiger partial charge in [0.2, 0.25) is 0 Å². The summed E-state index contributed by atoms with van der Waals surface area (Å²) in [6.07, 6.45) is 6.39. The molecule has 0 heterocycles. The highest BCUT2D eigenvalue weighted by Crippen LogP contribution is 2.20. The predicted octanol–water partition coefficient (Wildman–Crippen LogP) is 6.87. The van der Waals surface area contributed by atoms with Gasteiger partial charge in [0.1, 0.15) is 5.75 Å². The van der Waals surface area contributed by atoms with E-state index in [-0.39, 0.29) is 5.78 Å². The van der Waals surface area contributed by atoms with Crippen LogP contribution < -0.4 is 4.74 Å². The third-order valence-corrected chi connectivity index (χ3v) is 5.01. The van der Waals surface area contributed by atoms with Crippen LogP contribution in [0.3, 0.4) is 0 Å². The van der Waals surface area contributed by atoms with Crippen LogP contribution in [0.25, 0.3) is 23.3 Å². The first-order valence-corrected chi connectivity index (χ1v) is 10.6. The molecule has 0 fully saturated rings. The van der Waals surface area contributed by atoms with Crippen molar-refractivity contribution >= 4 is 23.9 Å². The van der Waals surface area contributed by atoms with Crippen LogP contribution in [0.1, 0.15) is 21.5 Å². The van der Waals surface area contributed by atoms with Crippen LogP contribution in [0, 0.1) is 0 Å². The van der Waals surface area contributed by atoms with E-state index >= 15 is 0 Å². The Bertz CT molecular complexity index is 1270. The van der Waals surface area contributed by atoms with Gasteiger partial charge in [-0.05, 0) is 46.5 Å². The quantitative estimate of drug-likeness (QED) is 0.139. The zero-order valence-corrected chi connectivity index (χ0v) is 17.9. The molecule has 160 valence electrons. The Balaban J connectivity index is 1.33. The molecule has 0 amide bonds. The Morgan fingerprint density at radius 1 is 0.545 bits per heavy atom. The van der Waals surface area contributed by atoms with Gasteiger partial charge in [0.05, 0.1) is 0 Å². The maximum absolute atomic E-state index is 12.5. The zero-order chi connectivity index (χ0) is 22.9. The van der Waals surface area contributed by atoms with E-state index in [1.54, 1.807) is 42.5 Å². The van der Waals surface area contributed by atoms with Crippen LogP contribution in [-0.4, -0.2) is 11.8 Å². The molecule has 3 nitrogen and oxygen atoms in total.